The molecule has 3 rings (SSSR count). The highest BCUT2D eigenvalue weighted by Crippen LogP contribution is 2.23. The molecule has 0 aromatic heterocycles. The number of hydrogen-bond donors (Lipinski definition) is 1. The molecule has 0 aliphatic heterocycles. The first-order valence-corrected chi connectivity index (χ1v) is 9.26. The summed E-state index contributed by atoms with van der Waals surface area (Å²) in [6.07, 6.45) is 3.87. The Balaban J connectivity index is 1.55. The second-order valence-corrected chi connectivity index (χ2v) is 7.00. The average Bonchev–Trinajstić information content (AvgIpc) is 2.63. The van der Waals surface area contributed by atoms with Crippen LogP contribution in [0.2, 0.25) is 5.02 Å². The van der Waals surface area contributed by atoms with Crippen LogP contribution in [0.4, 0.5) is 5.69 Å². The van der Waals surface area contributed by atoms with E-state index in [4.69, 9.17) is 16.3 Å². The lowest BCUT2D eigenvalue weighted by atomic mass is 9.90. The minimum absolute atomic E-state index is 0.164. The third kappa shape index (κ3) is 4.64. The Morgan fingerprint density at radius 3 is 2.62 bits per heavy atom. The first-order valence-electron chi connectivity index (χ1n) is 8.88. The van der Waals surface area contributed by atoms with Crippen molar-refractivity contribution in [2.75, 3.05) is 5.32 Å². The van der Waals surface area contributed by atoms with E-state index in [0.29, 0.717) is 10.7 Å². The van der Waals surface area contributed by atoms with Crippen LogP contribution in [-0.2, 0) is 33.6 Å². The van der Waals surface area contributed by atoms with Crippen molar-refractivity contribution < 1.29 is 14.3 Å². The molecule has 1 amide bonds. The summed E-state index contributed by atoms with van der Waals surface area (Å²) in [6, 6.07) is 13.1. The minimum atomic E-state index is -0.892. The molecule has 0 spiro atoms. The van der Waals surface area contributed by atoms with Crippen LogP contribution in [0, 0.1) is 0 Å². The van der Waals surface area contributed by atoms with E-state index < -0.39 is 18.0 Å². The molecular weight excluding hydrogens is 350 g/mol. The van der Waals surface area contributed by atoms with Gasteiger partial charge in [-0.05, 0) is 61.4 Å². The van der Waals surface area contributed by atoms with Gasteiger partial charge in [0.05, 0.1) is 17.1 Å². The number of fused-ring (bicyclic) bond motifs is 1. The van der Waals surface area contributed by atoms with Crippen LogP contribution in [-0.4, -0.2) is 18.0 Å². The van der Waals surface area contributed by atoms with Gasteiger partial charge in [0.1, 0.15) is 0 Å². The molecule has 2 aromatic carbocycles. The predicted molar refractivity (Wildman–Crippen MR) is 102 cm³/mol. The molecule has 0 radical (unpaired) electrons. The monoisotopic (exact) mass is 371 g/mol. The molecule has 4 nitrogen and oxygen atoms in total. The third-order valence-electron chi connectivity index (χ3n) is 4.57. The highest BCUT2D eigenvalue weighted by molar-refractivity contribution is 6.33. The van der Waals surface area contributed by atoms with Crippen LogP contribution in [0.15, 0.2) is 42.5 Å². The van der Waals surface area contributed by atoms with Crippen LogP contribution in [0.3, 0.4) is 0 Å². The molecule has 1 N–H and O–H groups in total. The number of aryl methyl sites for hydroxylation is 2. The zero-order chi connectivity index (χ0) is 18.5. The van der Waals surface area contributed by atoms with Gasteiger partial charge < -0.3 is 10.1 Å². The van der Waals surface area contributed by atoms with Gasteiger partial charge >= 0.3 is 5.97 Å². The Bertz CT molecular complexity index is 819. The molecule has 1 atom stereocenters. The second-order valence-electron chi connectivity index (χ2n) is 6.59. The van der Waals surface area contributed by atoms with E-state index in [9.17, 15) is 9.59 Å². The Morgan fingerprint density at radius 1 is 1.12 bits per heavy atom. The Hall–Kier alpha value is -2.33. The lowest BCUT2D eigenvalue weighted by Gasteiger charge is -2.17. The molecular formula is C21H22ClNO3. The summed E-state index contributed by atoms with van der Waals surface area (Å²) in [5.74, 6) is -0.820. The molecule has 0 saturated heterocycles. The van der Waals surface area contributed by atoms with Crippen LogP contribution in [0.1, 0.15) is 36.5 Å². The Morgan fingerprint density at radius 2 is 1.85 bits per heavy atom. The van der Waals surface area contributed by atoms with Gasteiger partial charge in [-0.15, -0.1) is 0 Å². The van der Waals surface area contributed by atoms with Crippen molar-refractivity contribution in [3.05, 3.63) is 64.2 Å². The number of esters is 1. The minimum Gasteiger partial charge on any atom is -0.452 e. The van der Waals surface area contributed by atoms with Crippen molar-refractivity contribution in [2.45, 2.75) is 45.1 Å². The lowest BCUT2D eigenvalue weighted by Crippen LogP contribution is -2.30. The standard InChI is InChI=1S/C21H22ClNO3/c1-14(21(25)23-19-9-5-4-8-18(19)22)26-20(24)13-15-10-11-16-6-2-3-7-17(16)12-15/h4-5,8-12,14H,2-3,6-7,13H2,1H3,(H,23,25)/t14-/m0/s1. The van der Waals surface area contributed by atoms with Crippen molar-refractivity contribution in [1.82, 2.24) is 0 Å². The van der Waals surface area contributed by atoms with E-state index >= 15 is 0 Å². The van der Waals surface area contributed by atoms with E-state index in [1.807, 2.05) is 6.07 Å². The summed E-state index contributed by atoms with van der Waals surface area (Å²) in [4.78, 5) is 24.4. The van der Waals surface area contributed by atoms with Gasteiger partial charge in [0.15, 0.2) is 6.10 Å². The highest BCUT2D eigenvalue weighted by Gasteiger charge is 2.19. The van der Waals surface area contributed by atoms with E-state index in [1.165, 1.54) is 24.0 Å². The van der Waals surface area contributed by atoms with E-state index in [1.54, 1.807) is 31.2 Å². The second kappa shape index (κ2) is 8.37. The fourth-order valence-electron chi connectivity index (χ4n) is 3.15. The van der Waals surface area contributed by atoms with E-state index in [0.717, 1.165) is 18.4 Å². The number of para-hydroxylation sites is 1. The maximum absolute atomic E-state index is 12.2. The van der Waals surface area contributed by atoms with Gasteiger partial charge in [-0.3, -0.25) is 9.59 Å². The number of nitrogens with one attached hydrogen (secondary N) is 1. The molecule has 26 heavy (non-hydrogen) atoms. The first-order chi connectivity index (χ1) is 12.5. The number of carbonyl (C=O) groups excluding carboxylic acids is 2. The molecule has 0 saturated carbocycles. The SMILES string of the molecule is C[C@H](OC(=O)Cc1ccc2c(c1)CCCC2)C(=O)Nc1ccccc1Cl. The van der Waals surface area contributed by atoms with E-state index in [2.05, 4.69) is 17.4 Å². The molecule has 136 valence electrons. The van der Waals surface area contributed by atoms with Gasteiger partial charge in [0.2, 0.25) is 0 Å². The molecule has 0 unspecified atom stereocenters. The number of halogens is 1. The topological polar surface area (TPSA) is 55.4 Å². The van der Waals surface area contributed by atoms with Crippen molar-refractivity contribution in [3.8, 4) is 0 Å². The van der Waals surface area contributed by atoms with Crippen LogP contribution < -0.4 is 5.32 Å². The van der Waals surface area contributed by atoms with Crippen LogP contribution >= 0.6 is 11.6 Å². The van der Waals surface area contributed by atoms with Gasteiger partial charge in [-0.2, -0.15) is 0 Å². The van der Waals surface area contributed by atoms with Gasteiger partial charge in [-0.25, -0.2) is 0 Å². The fourth-order valence-corrected chi connectivity index (χ4v) is 3.34. The van der Waals surface area contributed by atoms with Gasteiger partial charge in [0.25, 0.3) is 5.91 Å². The van der Waals surface area contributed by atoms with Crippen molar-refractivity contribution >= 4 is 29.2 Å². The number of ether oxygens (including phenoxy) is 1. The molecule has 0 fully saturated rings. The van der Waals surface area contributed by atoms with Crippen molar-refractivity contribution in [3.63, 3.8) is 0 Å². The number of amides is 1. The smallest absolute Gasteiger partial charge is 0.311 e. The summed E-state index contributed by atoms with van der Waals surface area (Å²) >= 11 is 6.02. The molecule has 0 bridgehead atoms. The molecule has 1 aliphatic rings. The Labute approximate surface area is 158 Å². The summed E-state index contributed by atoms with van der Waals surface area (Å²) in [6.45, 7) is 1.55. The largest absolute Gasteiger partial charge is 0.452 e. The van der Waals surface area contributed by atoms with E-state index in [-0.39, 0.29) is 6.42 Å². The van der Waals surface area contributed by atoms with Crippen LogP contribution in [0.25, 0.3) is 0 Å². The molecule has 5 heteroatoms. The van der Waals surface area contributed by atoms with Crippen LogP contribution in [0.5, 0.6) is 0 Å². The fraction of sp³-hybridized carbons (Fsp3) is 0.333. The third-order valence-corrected chi connectivity index (χ3v) is 4.90. The molecule has 1 aliphatic carbocycles. The predicted octanol–water partition coefficient (Wildman–Crippen LogP) is 4.33. The normalized spacial score (nSPS) is 14.2. The van der Waals surface area contributed by atoms with Crippen molar-refractivity contribution in [2.24, 2.45) is 0 Å². The summed E-state index contributed by atoms with van der Waals surface area (Å²) in [7, 11) is 0. The lowest BCUT2D eigenvalue weighted by molar-refractivity contribution is -0.152. The molecule has 0 heterocycles. The number of carbonyl (C=O) groups is 2. The summed E-state index contributed by atoms with van der Waals surface area (Å²) < 4.78 is 5.28. The quantitative estimate of drug-likeness (QED) is 0.796. The maximum atomic E-state index is 12.2. The number of benzene rings is 2. The highest BCUT2D eigenvalue weighted by atomic mass is 35.5. The number of hydrogen-bond acceptors (Lipinski definition) is 3. The number of anilines is 1. The van der Waals surface area contributed by atoms with Gasteiger partial charge in [0, 0.05) is 0 Å². The summed E-state index contributed by atoms with van der Waals surface area (Å²) in [5, 5.41) is 3.11. The first kappa shape index (κ1) is 18.5. The Kier molecular flexibility index (Phi) is 5.94. The summed E-state index contributed by atoms with van der Waals surface area (Å²) in [5.41, 5.74) is 4.12. The maximum Gasteiger partial charge on any atom is 0.311 e. The number of rotatable bonds is 5. The van der Waals surface area contributed by atoms with Crippen molar-refractivity contribution in [1.29, 1.82) is 0 Å². The average molecular weight is 372 g/mol. The molecule has 2 aromatic rings. The zero-order valence-electron chi connectivity index (χ0n) is 14.8. The zero-order valence-corrected chi connectivity index (χ0v) is 15.5. The van der Waals surface area contributed by atoms with Gasteiger partial charge in [-0.1, -0.05) is 41.9 Å².